The molecule has 0 saturated carbocycles. The minimum atomic E-state index is 0.613. The maximum atomic E-state index is 6.59. The van der Waals surface area contributed by atoms with Crippen LogP contribution in [-0.4, -0.2) is 39.9 Å². The predicted molar refractivity (Wildman–Crippen MR) is 490 cm³/mol. The molecule has 23 aromatic rings. The zero-order chi connectivity index (χ0) is 79.4. The summed E-state index contributed by atoms with van der Waals surface area (Å²) in [6.45, 7) is 0. The molecule has 0 N–H and O–H groups in total. The first-order valence-electron chi connectivity index (χ1n) is 40.2. The summed E-state index contributed by atoms with van der Waals surface area (Å²) in [6.07, 6.45) is 0. The van der Waals surface area contributed by atoms with Gasteiger partial charge in [0.05, 0.1) is 22.4 Å². The fourth-order valence-corrected chi connectivity index (χ4v) is 16.9. The first-order chi connectivity index (χ1) is 59.5. The topological polar surface area (TPSA) is 129 Å². The highest BCUT2D eigenvalue weighted by Crippen LogP contribution is 2.49. The van der Waals surface area contributed by atoms with Crippen LogP contribution in [0.15, 0.2) is 421 Å². The standard InChI is InChI=1S/C58H36N4O.C52H32N4O/c1-4-15-37(16-5-1)38-29-33-43(34-30-38)57-60-56(42-19-8-3-9-20-42)61-58(62-57)45-22-14-21-44(35-45)39-27-31-41(32-28-39)55-48-36-51-54(47-24-11-13-26-50(47)63-51)52(40-17-6-2-7-18-40)53(48)46-23-10-12-25-49(46)59-55;1-4-15-34(16-5-1)46-47-40-23-10-12-25-43(40)53-49(42(47)32-45-48(46)41-24-11-13-26-44(41)57-45)35-29-27-33(28-30-35)38-21-14-22-39(31-38)52-55-50(36-17-6-2-7-18-36)54-51(56-52)37-19-8-3-9-20-37/h1-36H;1-32H. The van der Waals surface area contributed by atoms with Crippen molar-refractivity contribution in [3.8, 4) is 146 Å². The lowest BCUT2D eigenvalue weighted by molar-refractivity contribution is 0.669. The second-order valence-corrected chi connectivity index (χ2v) is 29.9. The summed E-state index contributed by atoms with van der Waals surface area (Å²) in [5.74, 6) is 3.77. The number of nitrogens with zero attached hydrogens (tertiary/aromatic N) is 8. The van der Waals surface area contributed by atoms with E-state index in [0.29, 0.717) is 34.9 Å². The lowest BCUT2D eigenvalue weighted by Crippen LogP contribution is -2.00. The minimum absolute atomic E-state index is 0.613. The Bertz CT molecular complexity index is 7790. The molecule has 6 heterocycles. The first-order valence-corrected chi connectivity index (χ1v) is 40.2. The summed E-state index contributed by atoms with van der Waals surface area (Å²) in [4.78, 5) is 40.6. The van der Waals surface area contributed by atoms with Gasteiger partial charge >= 0.3 is 0 Å². The van der Waals surface area contributed by atoms with E-state index in [1.165, 1.54) is 10.9 Å². The van der Waals surface area contributed by atoms with Crippen LogP contribution < -0.4 is 0 Å². The number of aromatic nitrogens is 8. The summed E-state index contributed by atoms with van der Waals surface area (Å²) >= 11 is 0. The number of furan rings is 2. The molecule has 0 aliphatic carbocycles. The smallest absolute Gasteiger partial charge is 0.164 e. The SMILES string of the molecule is c1ccc(-c2ccc(-c3nc(-c4ccccc4)nc(-c4cccc(-c5ccc(-c6nc7ccccc7c7c(-c8ccccc8)c8c(cc67)oc6ccccc68)cc5)c4)n3)cc2)cc1.c1ccc(-c2nc(-c3ccccc3)nc(-c3cccc(-c4ccc(-c5nc6ccccc6c6c(-c7ccccc7)c7c(cc56)oc5ccccc57)cc4)c3)n2)cc1. The maximum absolute atomic E-state index is 6.59. The summed E-state index contributed by atoms with van der Waals surface area (Å²) in [5, 5.41) is 11.1. The van der Waals surface area contributed by atoms with E-state index >= 15 is 0 Å². The highest BCUT2D eigenvalue weighted by molar-refractivity contribution is 6.29. The van der Waals surface area contributed by atoms with Crippen LogP contribution in [0, 0.1) is 0 Å². The molecule has 0 radical (unpaired) electrons. The van der Waals surface area contributed by atoms with Crippen molar-refractivity contribution in [2.24, 2.45) is 0 Å². The Balaban J connectivity index is 0.000000145. The Morgan fingerprint density at radius 1 is 0.142 bits per heavy atom. The summed E-state index contributed by atoms with van der Waals surface area (Å²) < 4.78 is 13.2. The quantitative estimate of drug-likeness (QED) is 0.103. The number of benzene rings is 17. The van der Waals surface area contributed by atoms with E-state index in [0.717, 1.165) is 188 Å². The normalized spacial score (nSPS) is 11.5. The number of pyridine rings is 2. The molecule has 0 unspecified atom stereocenters. The Morgan fingerprint density at radius 2 is 0.392 bits per heavy atom. The van der Waals surface area contributed by atoms with Gasteiger partial charge in [0.25, 0.3) is 0 Å². The number of hydrogen-bond acceptors (Lipinski definition) is 10. The molecule has 23 rings (SSSR count). The molecule has 17 aromatic carbocycles. The molecular formula is C110H68N8O2. The van der Waals surface area contributed by atoms with Crippen molar-refractivity contribution in [2.75, 3.05) is 0 Å². The van der Waals surface area contributed by atoms with E-state index in [1.54, 1.807) is 0 Å². The van der Waals surface area contributed by atoms with Crippen LogP contribution in [0.5, 0.6) is 0 Å². The van der Waals surface area contributed by atoms with Gasteiger partial charge in [-0.15, -0.1) is 0 Å². The first kappa shape index (κ1) is 70.3. The van der Waals surface area contributed by atoms with Crippen LogP contribution in [0.25, 0.3) is 234 Å². The van der Waals surface area contributed by atoms with Crippen LogP contribution >= 0.6 is 0 Å². The van der Waals surface area contributed by atoms with E-state index in [4.69, 9.17) is 48.7 Å². The number of fused-ring (bicyclic) bond motifs is 12. The van der Waals surface area contributed by atoms with Gasteiger partial charge in [0, 0.05) is 109 Å². The Kier molecular flexibility index (Phi) is 17.7. The third-order valence-electron chi connectivity index (χ3n) is 22.6. The van der Waals surface area contributed by atoms with Gasteiger partial charge in [-0.2, -0.15) is 0 Å². The molecule has 10 nitrogen and oxygen atoms in total. The Morgan fingerprint density at radius 3 is 0.758 bits per heavy atom. The molecule has 0 fully saturated rings. The largest absolute Gasteiger partial charge is 0.456 e. The van der Waals surface area contributed by atoms with Gasteiger partial charge in [-0.3, -0.25) is 0 Å². The summed E-state index contributed by atoms with van der Waals surface area (Å²) in [5.41, 5.74) is 25.9. The average molecular weight is 1530 g/mol. The van der Waals surface area contributed by atoms with Gasteiger partial charge in [-0.25, -0.2) is 39.9 Å². The number of rotatable bonds is 13. The lowest BCUT2D eigenvalue weighted by Gasteiger charge is -2.16. The van der Waals surface area contributed by atoms with Crippen LogP contribution in [0.3, 0.4) is 0 Å². The molecule has 0 saturated heterocycles. The van der Waals surface area contributed by atoms with Crippen LogP contribution in [0.2, 0.25) is 0 Å². The summed E-state index contributed by atoms with van der Waals surface area (Å²) in [6, 6.07) is 142. The van der Waals surface area contributed by atoms with Gasteiger partial charge in [-0.05, 0) is 93.0 Å². The van der Waals surface area contributed by atoms with Gasteiger partial charge in [-0.1, -0.05) is 364 Å². The number of para-hydroxylation sites is 4. The zero-order valence-corrected chi connectivity index (χ0v) is 64.7. The molecule has 0 aliphatic heterocycles. The maximum Gasteiger partial charge on any atom is 0.164 e. The number of hydrogen-bond donors (Lipinski definition) is 0. The molecule has 0 amide bonds. The monoisotopic (exact) mass is 1530 g/mol. The van der Waals surface area contributed by atoms with Gasteiger partial charge in [0.2, 0.25) is 0 Å². The van der Waals surface area contributed by atoms with Gasteiger partial charge in [0.1, 0.15) is 22.3 Å². The predicted octanol–water partition coefficient (Wildman–Crippen LogP) is 28.6. The molecule has 560 valence electrons. The van der Waals surface area contributed by atoms with Crippen LogP contribution in [-0.2, 0) is 0 Å². The molecule has 10 heteroatoms. The molecule has 0 aliphatic rings. The van der Waals surface area contributed by atoms with E-state index in [1.807, 2.05) is 121 Å². The van der Waals surface area contributed by atoms with Crippen molar-refractivity contribution < 1.29 is 8.83 Å². The molecule has 0 bridgehead atoms. The molecule has 6 aromatic heterocycles. The van der Waals surface area contributed by atoms with E-state index in [-0.39, 0.29) is 0 Å². The van der Waals surface area contributed by atoms with Crippen LogP contribution in [0.4, 0.5) is 0 Å². The van der Waals surface area contributed by atoms with E-state index in [2.05, 4.69) is 291 Å². The third kappa shape index (κ3) is 13.0. The molecule has 0 spiro atoms. The van der Waals surface area contributed by atoms with Crippen molar-refractivity contribution in [3.63, 3.8) is 0 Å². The summed E-state index contributed by atoms with van der Waals surface area (Å²) in [7, 11) is 0. The average Bonchev–Trinajstić information content (AvgIpc) is 1.50. The molecule has 120 heavy (non-hydrogen) atoms. The lowest BCUT2D eigenvalue weighted by atomic mass is 9.89. The van der Waals surface area contributed by atoms with Crippen LogP contribution in [0.1, 0.15) is 0 Å². The molecular weight excluding hydrogens is 1470 g/mol. The highest BCUT2D eigenvalue weighted by Gasteiger charge is 2.26. The van der Waals surface area contributed by atoms with Crippen molar-refractivity contribution in [1.82, 2.24) is 39.9 Å². The highest BCUT2D eigenvalue weighted by atomic mass is 16.3. The van der Waals surface area contributed by atoms with Gasteiger partial charge < -0.3 is 8.83 Å². The van der Waals surface area contributed by atoms with Crippen molar-refractivity contribution in [2.45, 2.75) is 0 Å². The third-order valence-corrected chi connectivity index (χ3v) is 22.6. The Labute approximate surface area is 690 Å². The van der Waals surface area contributed by atoms with E-state index in [9.17, 15) is 0 Å². The second-order valence-electron chi connectivity index (χ2n) is 29.9. The van der Waals surface area contributed by atoms with Crippen molar-refractivity contribution >= 4 is 87.2 Å². The molecule has 0 atom stereocenters. The fraction of sp³-hybridized carbons (Fsp3) is 0. The zero-order valence-electron chi connectivity index (χ0n) is 64.7. The second kappa shape index (κ2) is 30.1. The van der Waals surface area contributed by atoms with Crippen molar-refractivity contribution in [1.29, 1.82) is 0 Å². The minimum Gasteiger partial charge on any atom is -0.456 e. The van der Waals surface area contributed by atoms with E-state index < -0.39 is 0 Å². The van der Waals surface area contributed by atoms with Gasteiger partial charge in [0.15, 0.2) is 34.9 Å². The fourth-order valence-electron chi connectivity index (χ4n) is 16.9. The Hall–Kier alpha value is -16.3. The van der Waals surface area contributed by atoms with Crippen molar-refractivity contribution in [3.05, 3.63) is 413 Å².